The second-order valence-corrected chi connectivity index (χ2v) is 9.49. The molecule has 1 unspecified atom stereocenters. The molecule has 3 aromatic rings. The molecule has 190 valence electrons. The van der Waals surface area contributed by atoms with Gasteiger partial charge in [-0.3, -0.25) is 19.4 Å². The number of hydrogen-bond acceptors (Lipinski definition) is 7. The van der Waals surface area contributed by atoms with Crippen molar-refractivity contribution in [1.29, 1.82) is 0 Å². The molecular weight excluding hydrogens is 470 g/mol. The predicted octanol–water partition coefficient (Wildman–Crippen LogP) is 5.29. The van der Waals surface area contributed by atoms with E-state index in [1.807, 2.05) is 6.07 Å². The molecular formula is C30H29NO6. The second-order valence-electron chi connectivity index (χ2n) is 9.49. The number of benzene rings is 2. The maximum Gasteiger partial charge on any atom is 0.310 e. The SMILES string of the molecule is CCC(=O)Oc1ccc2c(c1)C(=O)C(Cc1ccccn1)(c1ccc(OC)c(OC3CCCC3)c1)C2=O. The number of fused-ring (bicyclic) bond motifs is 1. The Morgan fingerprint density at radius 3 is 2.46 bits per heavy atom. The van der Waals surface area contributed by atoms with Gasteiger partial charge in [-0.1, -0.05) is 19.1 Å². The first-order valence-electron chi connectivity index (χ1n) is 12.7. The normalized spacial score (nSPS) is 19.1. The molecule has 2 aromatic carbocycles. The Bertz CT molecular complexity index is 1350. The third-order valence-electron chi connectivity index (χ3n) is 7.20. The van der Waals surface area contributed by atoms with Gasteiger partial charge in [-0.25, -0.2) is 0 Å². The van der Waals surface area contributed by atoms with Crippen LogP contribution >= 0.6 is 0 Å². The number of ether oxygens (including phenoxy) is 3. The second kappa shape index (κ2) is 10.2. The molecule has 7 nitrogen and oxygen atoms in total. The highest BCUT2D eigenvalue weighted by atomic mass is 16.5. The van der Waals surface area contributed by atoms with Gasteiger partial charge in [0.2, 0.25) is 0 Å². The number of methoxy groups -OCH3 is 1. The minimum atomic E-state index is -1.54. The van der Waals surface area contributed by atoms with Crippen LogP contribution in [0.1, 0.15) is 71.0 Å². The molecule has 0 bridgehead atoms. The van der Waals surface area contributed by atoms with E-state index < -0.39 is 11.4 Å². The van der Waals surface area contributed by atoms with E-state index >= 15 is 0 Å². The summed E-state index contributed by atoms with van der Waals surface area (Å²) in [6.45, 7) is 1.69. The molecule has 0 spiro atoms. The first-order chi connectivity index (χ1) is 18.0. The van der Waals surface area contributed by atoms with E-state index in [1.165, 1.54) is 6.07 Å². The summed E-state index contributed by atoms with van der Waals surface area (Å²) >= 11 is 0. The molecule has 37 heavy (non-hydrogen) atoms. The van der Waals surface area contributed by atoms with Crippen LogP contribution in [0.15, 0.2) is 60.8 Å². The van der Waals surface area contributed by atoms with Crippen molar-refractivity contribution in [3.8, 4) is 17.2 Å². The number of carbonyl (C=O) groups excluding carboxylic acids is 3. The lowest BCUT2D eigenvalue weighted by atomic mass is 9.72. The van der Waals surface area contributed by atoms with Crippen LogP contribution < -0.4 is 14.2 Å². The van der Waals surface area contributed by atoms with E-state index in [0.717, 1.165) is 25.7 Å². The maximum atomic E-state index is 14.2. The Morgan fingerprint density at radius 1 is 0.973 bits per heavy atom. The average molecular weight is 500 g/mol. The number of esters is 1. The summed E-state index contributed by atoms with van der Waals surface area (Å²) in [6.07, 6.45) is 6.11. The van der Waals surface area contributed by atoms with Crippen molar-refractivity contribution in [2.24, 2.45) is 0 Å². The molecule has 1 saturated carbocycles. The lowest BCUT2D eigenvalue weighted by Gasteiger charge is -2.27. The summed E-state index contributed by atoms with van der Waals surface area (Å²) in [7, 11) is 1.57. The van der Waals surface area contributed by atoms with Crippen molar-refractivity contribution in [3.05, 3.63) is 83.2 Å². The van der Waals surface area contributed by atoms with Crippen molar-refractivity contribution < 1.29 is 28.6 Å². The van der Waals surface area contributed by atoms with Crippen LogP contribution in [0.3, 0.4) is 0 Å². The van der Waals surface area contributed by atoms with Crippen molar-refractivity contribution in [2.45, 2.75) is 57.0 Å². The molecule has 0 radical (unpaired) electrons. The molecule has 0 N–H and O–H groups in total. The molecule has 0 saturated heterocycles. The van der Waals surface area contributed by atoms with Gasteiger partial charge in [-0.15, -0.1) is 0 Å². The highest BCUT2D eigenvalue weighted by Gasteiger charge is 2.54. The summed E-state index contributed by atoms with van der Waals surface area (Å²) in [5.41, 5.74) is 0.126. The lowest BCUT2D eigenvalue weighted by Crippen LogP contribution is -2.41. The Morgan fingerprint density at radius 2 is 1.76 bits per heavy atom. The van der Waals surface area contributed by atoms with Gasteiger partial charge in [0.05, 0.1) is 13.2 Å². The summed E-state index contributed by atoms with van der Waals surface area (Å²) in [4.78, 5) is 44.6. The topological polar surface area (TPSA) is 91.8 Å². The van der Waals surface area contributed by atoms with Crippen LogP contribution in [0.25, 0.3) is 0 Å². The minimum Gasteiger partial charge on any atom is -0.493 e. The zero-order valence-corrected chi connectivity index (χ0v) is 21.0. The lowest BCUT2D eigenvalue weighted by molar-refractivity contribution is -0.134. The zero-order valence-electron chi connectivity index (χ0n) is 21.0. The summed E-state index contributed by atoms with van der Waals surface area (Å²) in [5.74, 6) is 0.211. The number of hydrogen-bond donors (Lipinski definition) is 0. The molecule has 2 aliphatic rings. The summed E-state index contributed by atoms with van der Waals surface area (Å²) < 4.78 is 17.2. The molecule has 1 fully saturated rings. The summed E-state index contributed by atoms with van der Waals surface area (Å²) in [5, 5.41) is 0. The highest BCUT2D eigenvalue weighted by Crippen LogP contribution is 2.45. The molecule has 1 heterocycles. The van der Waals surface area contributed by atoms with Gasteiger partial charge in [0.15, 0.2) is 23.1 Å². The van der Waals surface area contributed by atoms with Crippen LogP contribution in [0.2, 0.25) is 0 Å². The quantitative estimate of drug-likeness (QED) is 0.236. The van der Waals surface area contributed by atoms with Gasteiger partial charge in [0, 0.05) is 35.9 Å². The van der Waals surface area contributed by atoms with Gasteiger partial charge in [-0.2, -0.15) is 0 Å². The average Bonchev–Trinajstić information content (AvgIpc) is 3.51. The van der Waals surface area contributed by atoms with Gasteiger partial charge < -0.3 is 14.2 Å². The number of carbonyl (C=O) groups is 3. The monoisotopic (exact) mass is 499 g/mol. The van der Waals surface area contributed by atoms with Gasteiger partial charge >= 0.3 is 5.97 Å². The molecule has 1 atom stereocenters. The van der Waals surface area contributed by atoms with Gasteiger partial charge in [0.25, 0.3) is 0 Å². The van der Waals surface area contributed by atoms with E-state index in [4.69, 9.17) is 14.2 Å². The fourth-order valence-electron chi connectivity index (χ4n) is 5.26. The van der Waals surface area contributed by atoms with E-state index in [2.05, 4.69) is 4.98 Å². The van der Waals surface area contributed by atoms with Crippen molar-refractivity contribution in [2.75, 3.05) is 7.11 Å². The predicted molar refractivity (Wildman–Crippen MR) is 137 cm³/mol. The minimum absolute atomic E-state index is 0.0684. The van der Waals surface area contributed by atoms with Crippen LogP contribution in [-0.2, 0) is 16.6 Å². The smallest absolute Gasteiger partial charge is 0.310 e. The van der Waals surface area contributed by atoms with Crippen LogP contribution in [0.5, 0.6) is 17.2 Å². The molecule has 1 aromatic heterocycles. The van der Waals surface area contributed by atoms with Crippen molar-refractivity contribution >= 4 is 17.5 Å². The Balaban J connectivity index is 1.62. The largest absolute Gasteiger partial charge is 0.493 e. The first-order valence-corrected chi connectivity index (χ1v) is 12.7. The number of pyridine rings is 1. The molecule has 0 aliphatic heterocycles. The fourth-order valence-corrected chi connectivity index (χ4v) is 5.26. The number of ketones is 2. The zero-order chi connectivity index (χ0) is 26.0. The van der Waals surface area contributed by atoms with Gasteiger partial charge in [-0.05, 0) is 73.7 Å². The van der Waals surface area contributed by atoms with Crippen LogP contribution in [0.4, 0.5) is 0 Å². The van der Waals surface area contributed by atoms with E-state index in [9.17, 15) is 14.4 Å². The molecule has 0 amide bonds. The number of rotatable bonds is 8. The molecule has 5 rings (SSSR count). The number of Topliss-reactive ketones (excluding diaryl/α,β-unsaturated/α-hetero) is 2. The Kier molecular flexibility index (Phi) is 6.78. The summed E-state index contributed by atoms with van der Waals surface area (Å²) in [6, 6.07) is 15.3. The first kappa shape index (κ1) is 24.7. The van der Waals surface area contributed by atoms with Gasteiger partial charge in [0.1, 0.15) is 11.2 Å². The highest BCUT2D eigenvalue weighted by molar-refractivity contribution is 6.33. The van der Waals surface area contributed by atoms with Crippen LogP contribution in [0, 0.1) is 0 Å². The van der Waals surface area contributed by atoms with Crippen molar-refractivity contribution in [3.63, 3.8) is 0 Å². The van der Waals surface area contributed by atoms with Crippen molar-refractivity contribution in [1.82, 2.24) is 4.98 Å². The third kappa shape index (κ3) is 4.50. The Hall–Kier alpha value is -4.00. The third-order valence-corrected chi connectivity index (χ3v) is 7.20. The van der Waals surface area contributed by atoms with E-state index in [-0.39, 0.29) is 41.8 Å². The van der Waals surface area contributed by atoms with E-state index in [1.54, 1.807) is 62.7 Å². The molecule has 2 aliphatic carbocycles. The fraction of sp³-hybridized carbons (Fsp3) is 0.333. The maximum absolute atomic E-state index is 14.2. The molecule has 7 heteroatoms. The standard InChI is InChI=1S/C30H29NO6/c1-3-27(32)37-22-12-13-23-24(17-22)29(34)30(28(23)33,18-20-8-6-7-15-31-20)19-11-14-25(35-2)26(16-19)36-21-9-4-5-10-21/h6-8,11-17,21H,3-5,9-10,18H2,1-2H3. The number of nitrogens with zero attached hydrogens (tertiary/aromatic N) is 1. The number of aromatic nitrogens is 1. The van der Waals surface area contributed by atoms with E-state index in [0.29, 0.717) is 28.3 Å². The van der Waals surface area contributed by atoms with Crippen LogP contribution in [-0.4, -0.2) is 35.7 Å². The Labute approximate surface area is 215 Å².